The Labute approximate surface area is 135 Å². The van der Waals surface area contributed by atoms with E-state index >= 15 is 0 Å². The molecule has 0 saturated heterocycles. The van der Waals surface area contributed by atoms with E-state index in [1.165, 1.54) is 16.7 Å². The van der Waals surface area contributed by atoms with Crippen LogP contribution in [0, 0.1) is 13.8 Å². The van der Waals surface area contributed by atoms with E-state index in [0.717, 1.165) is 16.8 Å². The molecule has 21 heavy (non-hydrogen) atoms. The molecule has 2 aromatic rings. The minimum atomic E-state index is 0.298. The van der Waals surface area contributed by atoms with E-state index in [1.807, 2.05) is 12.1 Å². The fourth-order valence-electron chi connectivity index (χ4n) is 1.95. The van der Waals surface area contributed by atoms with Gasteiger partial charge in [-0.2, -0.15) is 0 Å². The van der Waals surface area contributed by atoms with Crippen LogP contribution in [-0.2, 0) is 6.54 Å². The second-order valence-electron chi connectivity index (χ2n) is 5.49. The molecule has 0 aliphatic rings. The Bertz CT molecular complexity index is 580. The lowest BCUT2D eigenvalue weighted by Crippen LogP contribution is -2.31. The molecule has 2 rings (SSSR count). The average molecular weight is 348 g/mol. The van der Waals surface area contributed by atoms with Crippen LogP contribution in [0.1, 0.15) is 23.6 Å². The van der Waals surface area contributed by atoms with Gasteiger partial charge in [0.05, 0.1) is 0 Å². The zero-order chi connectivity index (χ0) is 15.2. The first-order valence-corrected chi connectivity index (χ1v) is 8.02. The van der Waals surface area contributed by atoms with E-state index < -0.39 is 0 Å². The molecule has 0 saturated carbocycles. The van der Waals surface area contributed by atoms with Gasteiger partial charge in [0.1, 0.15) is 12.4 Å². The summed E-state index contributed by atoms with van der Waals surface area (Å²) in [6.07, 6.45) is 0. The van der Waals surface area contributed by atoms with Crippen LogP contribution >= 0.6 is 15.9 Å². The first-order chi connectivity index (χ1) is 10.0. The standard InChI is InChI=1S/C18H22BrNO/c1-13-4-8-17(9-5-13)21-12-15(3)20-11-16-7-6-14(2)18(19)10-16/h4-10,15,20H,11-12H2,1-3H3. The Kier molecular flexibility index (Phi) is 5.83. The Hall–Kier alpha value is -1.32. The average Bonchev–Trinajstić information content (AvgIpc) is 2.48. The number of halogens is 1. The molecule has 0 heterocycles. The maximum atomic E-state index is 5.78. The molecule has 1 N–H and O–H groups in total. The lowest BCUT2D eigenvalue weighted by molar-refractivity contribution is 0.272. The molecule has 2 aromatic carbocycles. The predicted octanol–water partition coefficient (Wildman–Crippen LogP) is 4.62. The van der Waals surface area contributed by atoms with E-state index in [0.29, 0.717) is 12.6 Å². The monoisotopic (exact) mass is 347 g/mol. The van der Waals surface area contributed by atoms with Crippen LogP contribution in [0.25, 0.3) is 0 Å². The maximum absolute atomic E-state index is 5.78. The van der Waals surface area contributed by atoms with E-state index in [4.69, 9.17) is 4.74 Å². The number of aryl methyl sites for hydroxylation is 2. The third kappa shape index (κ3) is 5.18. The van der Waals surface area contributed by atoms with Crippen LogP contribution in [0.5, 0.6) is 5.75 Å². The lowest BCUT2D eigenvalue weighted by atomic mass is 10.1. The first kappa shape index (κ1) is 16.1. The normalized spacial score (nSPS) is 12.2. The van der Waals surface area contributed by atoms with Gasteiger partial charge in [-0.25, -0.2) is 0 Å². The quantitative estimate of drug-likeness (QED) is 0.822. The third-order valence-corrected chi connectivity index (χ3v) is 4.27. The molecular formula is C18H22BrNO. The van der Waals surface area contributed by atoms with E-state index in [9.17, 15) is 0 Å². The number of rotatable bonds is 6. The number of nitrogens with one attached hydrogen (secondary N) is 1. The number of ether oxygens (including phenoxy) is 1. The van der Waals surface area contributed by atoms with Crippen molar-refractivity contribution in [2.45, 2.75) is 33.4 Å². The molecule has 0 fully saturated rings. The van der Waals surface area contributed by atoms with Crippen LogP contribution in [0.3, 0.4) is 0 Å². The van der Waals surface area contributed by atoms with Crippen LogP contribution in [0.2, 0.25) is 0 Å². The van der Waals surface area contributed by atoms with Gasteiger partial charge in [0.2, 0.25) is 0 Å². The van der Waals surface area contributed by atoms with Crippen molar-refractivity contribution < 1.29 is 4.74 Å². The van der Waals surface area contributed by atoms with Crippen molar-refractivity contribution in [3.63, 3.8) is 0 Å². The molecule has 2 nitrogen and oxygen atoms in total. The minimum Gasteiger partial charge on any atom is -0.492 e. The first-order valence-electron chi connectivity index (χ1n) is 7.22. The molecule has 0 aliphatic carbocycles. The highest BCUT2D eigenvalue weighted by molar-refractivity contribution is 9.10. The van der Waals surface area contributed by atoms with Gasteiger partial charge in [-0.1, -0.05) is 45.8 Å². The van der Waals surface area contributed by atoms with Crippen molar-refractivity contribution in [1.82, 2.24) is 5.32 Å². The molecule has 0 aromatic heterocycles. The molecule has 0 bridgehead atoms. The zero-order valence-electron chi connectivity index (χ0n) is 12.8. The molecular weight excluding hydrogens is 326 g/mol. The SMILES string of the molecule is Cc1ccc(OCC(C)NCc2ccc(C)c(Br)c2)cc1. The number of hydrogen-bond donors (Lipinski definition) is 1. The Balaban J connectivity index is 1.77. The Morgan fingerprint density at radius 3 is 2.48 bits per heavy atom. The summed E-state index contributed by atoms with van der Waals surface area (Å²) >= 11 is 3.57. The molecule has 3 heteroatoms. The highest BCUT2D eigenvalue weighted by Crippen LogP contribution is 2.17. The summed E-state index contributed by atoms with van der Waals surface area (Å²) in [5, 5.41) is 3.48. The van der Waals surface area contributed by atoms with Gasteiger partial charge >= 0.3 is 0 Å². The highest BCUT2D eigenvalue weighted by atomic mass is 79.9. The van der Waals surface area contributed by atoms with Crippen LogP contribution < -0.4 is 10.1 Å². The summed E-state index contributed by atoms with van der Waals surface area (Å²) < 4.78 is 6.94. The molecule has 0 aliphatic heterocycles. The van der Waals surface area contributed by atoms with Gasteiger partial charge in [-0.05, 0) is 50.1 Å². The van der Waals surface area contributed by atoms with E-state index in [1.54, 1.807) is 0 Å². The van der Waals surface area contributed by atoms with E-state index in [2.05, 4.69) is 72.3 Å². The van der Waals surface area contributed by atoms with Crippen molar-refractivity contribution in [2.75, 3.05) is 6.61 Å². The van der Waals surface area contributed by atoms with Gasteiger partial charge in [0.15, 0.2) is 0 Å². The molecule has 0 amide bonds. The third-order valence-electron chi connectivity index (χ3n) is 3.41. The van der Waals surface area contributed by atoms with Gasteiger partial charge in [0.25, 0.3) is 0 Å². The molecule has 0 radical (unpaired) electrons. The smallest absolute Gasteiger partial charge is 0.119 e. The van der Waals surface area contributed by atoms with Crippen molar-refractivity contribution >= 4 is 15.9 Å². The van der Waals surface area contributed by atoms with Crippen molar-refractivity contribution in [2.24, 2.45) is 0 Å². The largest absolute Gasteiger partial charge is 0.492 e. The predicted molar refractivity (Wildman–Crippen MR) is 91.9 cm³/mol. The summed E-state index contributed by atoms with van der Waals surface area (Å²) in [5.74, 6) is 0.923. The molecule has 1 unspecified atom stereocenters. The Morgan fingerprint density at radius 2 is 1.81 bits per heavy atom. The second-order valence-corrected chi connectivity index (χ2v) is 6.34. The summed E-state index contributed by atoms with van der Waals surface area (Å²) in [6.45, 7) is 7.82. The summed E-state index contributed by atoms with van der Waals surface area (Å²) in [4.78, 5) is 0. The number of benzene rings is 2. The molecule has 112 valence electrons. The van der Waals surface area contributed by atoms with Crippen molar-refractivity contribution in [3.8, 4) is 5.75 Å². The molecule has 1 atom stereocenters. The van der Waals surface area contributed by atoms with Gasteiger partial charge in [-0.15, -0.1) is 0 Å². The lowest BCUT2D eigenvalue weighted by Gasteiger charge is -2.15. The summed E-state index contributed by atoms with van der Waals surface area (Å²) in [5.41, 5.74) is 3.78. The van der Waals surface area contributed by atoms with E-state index in [-0.39, 0.29) is 0 Å². The van der Waals surface area contributed by atoms with Gasteiger partial charge in [-0.3, -0.25) is 0 Å². The van der Waals surface area contributed by atoms with Crippen LogP contribution in [-0.4, -0.2) is 12.6 Å². The summed E-state index contributed by atoms with van der Waals surface area (Å²) in [6, 6.07) is 14.9. The second kappa shape index (κ2) is 7.62. The van der Waals surface area contributed by atoms with Crippen LogP contribution in [0.4, 0.5) is 0 Å². The highest BCUT2D eigenvalue weighted by Gasteiger charge is 2.04. The zero-order valence-corrected chi connectivity index (χ0v) is 14.4. The van der Waals surface area contributed by atoms with Crippen molar-refractivity contribution in [1.29, 1.82) is 0 Å². The fraction of sp³-hybridized carbons (Fsp3) is 0.333. The summed E-state index contributed by atoms with van der Waals surface area (Å²) in [7, 11) is 0. The van der Waals surface area contributed by atoms with Crippen LogP contribution in [0.15, 0.2) is 46.9 Å². The van der Waals surface area contributed by atoms with Crippen molar-refractivity contribution in [3.05, 3.63) is 63.6 Å². The minimum absolute atomic E-state index is 0.298. The van der Waals surface area contributed by atoms with Gasteiger partial charge in [0, 0.05) is 17.1 Å². The fourth-order valence-corrected chi connectivity index (χ4v) is 2.38. The Morgan fingerprint density at radius 1 is 1.10 bits per heavy atom. The molecule has 0 spiro atoms. The maximum Gasteiger partial charge on any atom is 0.119 e. The van der Waals surface area contributed by atoms with Gasteiger partial charge < -0.3 is 10.1 Å². The number of hydrogen-bond acceptors (Lipinski definition) is 2. The topological polar surface area (TPSA) is 21.3 Å².